The third-order valence-electron chi connectivity index (χ3n) is 4.93. The van der Waals surface area contributed by atoms with Gasteiger partial charge in [0, 0.05) is 5.54 Å². The molecule has 0 saturated heterocycles. The highest BCUT2D eigenvalue weighted by atomic mass is 28.4. The molecule has 0 aliphatic carbocycles. The summed E-state index contributed by atoms with van der Waals surface area (Å²) in [7, 11) is -3.87. The Morgan fingerprint density at radius 1 is 0.741 bits per heavy atom. The minimum atomic E-state index is -2.30. The first kappa shape index (κ1) is 22.1. The van der Waals surface area contributed by atoms with Gasteiger partial charge in [0.25, 0.3) is 0 Å². The van der Waals surface area contributed by atoms with Gasteiger partial charge in [-0.3, -0.25) is 0 Å². The van der Waals surface area contributed by atoms with E-state index in [-0.39, 0.29) is 10.6 Å². The highest BCUT2D eigenvalue weighted by molar-refractivity contribution is 7.02. The molecule has 2 nitrogen and oxygen atoms in total. The summed E-state index contributed by atoms with van der Waals surface area (Å²) in [6.45, 7) is 19.2. The first-order chi connectivity index (χ1) is 12.4. The minimum Gasteiger partial charge on any atom is -0.416 e. The number of rotatable bonds is 7. The van der Waals surface area contributed by atoms with E-state index in [1.54, 1.807) is 0 Å². The standard InChI is InChI=1S/C23H37NOSi2/c1-22(2,3)27(20-15-11-9-12-16-20,21-17-13-10-14-18-21)24-23(4,5)19-25-26(6,7)8/h9-18,24H,19H2,1-8H3. The summed E-state index contributed by atoms with van der Waals surface area (Å²) >= 11 is 0. The van der Waals surface area contributed by atoms with Crippen LogP contribution in [-0.4, -0.2) is 28.7 Å². The number of benzene rings is 2. The molecule has 4 heteroatoms. The van der Waals surface area contributed by atoms with E-state index in [1.165, 1.54) is 10.4 Å². The molecule has 0 amide bonds. The molecular formula is C23H37NOSi2. The van der Waals surface area contributed by atoms with Crippen LogP contribution >= 0.6 is 0 Å². The molecule has 27 heavy (non-hydrogen) atoms. The van der Waals surface area contributed by atoms with Crippen molar-refractivity contribution < 1.29 is 4.43 Å². The molecule has 2 rings (SSSR count). The Bertz CT molecular complexity index is 676. The second kappa shape index (κ2) is 8.04. The number of nitrogens with one attached hydrogen (secondary N) is 1. The van der Waals surface area contributed by atoms with E-state index >= 15 is 0 Å². The van der Waals surface area contributed by atoms with Gasteiger partial charge in [0.05, 0.1) is 6.61 Å². The lowest BCUT2D eigenvalue weighted by molar-refractivity contribution is 0.221. The Morgan fingerprint density at radius 2 is 1.15 bits per heavy atom. The first-order valence-electron chi connectivity index (χ1n) is 9.92. The monoisotopic (exact) mass is 399 g/mol. The summed E-state index contributed by atoms with van der Waals surface area (Å²) in [6.07, 6.45) is 0. The minimum absolute atomic E-state index is 0.0894. The maximum Gasteiger partial charge on any atom is 0.195 e. The molecule has 0 saturated carbocycles. The number of hydrogen-bond acceptors (Lipinski definition) is 2. The van der Waals surface area contributed by atoms with Crippen LogP contribution in [0.4, 0.5) is 0 Å². The molecule has 0 radical (unpaired) electrons. The summed E-state index contributed by atoms with van der Waals surface area (Å²) < 4.78 is 6.32. The molecule has 0 heterocycles. The fourth-order valence-corrected chi connectivity index (χ4v) is 9.68. The van der Waals surface area contributed by atoms with Crippen molar-refractivity contribution in [3.63, 3.8) is 0 Å². The van der Waals surface area contributed by atoms with Gasteiger partial charge in [-0.2, -0.15) is 0 Å². The molecule has 0 atom stereocenters. The van der Waals surface area contributed by atoms with Crippen LogP contribution in [-0.2, 0) is 4.43 Å². The van der Waals surface area contributed by atoms with Crippen LogP contribution < -0.4 is 15.4 Å². The first-order valence-corrected chi connectivity index (χ1v) is 15.3. The summed E-state index contributed by atoms with van der Waals surface area (Å²) in [4.78, 5) is 4.19. The van der Waals surface area contributed by atoms with Crippen molar-refractivity contribution in [1.82, 2.24) is 4.98 Å². The zero-order valence-corrected chi connectivity index (χ0v) is 20.4. The number of hydrogen-bond donors (Lipinski definition) is 1. The molecule has 0 unspecified atom stereocenters. The van der Waals surface area contributed by atoms with E-state index < -0.39 is 16.6 Å². The predicted octanol–water partition coefficient (Wildman–Crippen LogP) is 4.77. The molecule has 0 aromatic heterocycles. The van der Waals surface area contributed by atoms with Crippen molar-refractivity contribution in [1.29, 1.82) is 0 Å². The van der Waals surface area contributed by atoms with Gasteiger partial charge >= 0.3 is 0 Å². The van der Waals surface area contributed by atoms with Crippen LogP contribution in [0.1, 0.15) is 34.6 Å². The molecule has 0 spiro atoms. The van der Waals surface area contributed by atoms with Crippen LogP contribution in [0, 0.1) is 0 Å². The predicted molar refractivity (Wildman–Crippen MR) is 124 cm³/mol. The quantitative estimate of drug-likeness (QED) is 0.677. The average molecular weight is 400 g/mol. The molecule has 0 bridgehead atoms. The molecule has 2 aromatic carbocycles. The van der Waals surface area contributed by atoms with Gasteiger partial charge in [-0.25, -0.2) is 0 Å². The third kappa shape index (κ3) is 5.41. The summed E-state index contributed by atoms with van der Waals surface area (Å²) in [5, 5.41) is 2.93. The average Bonchev–Trinajstić information content (AvgIpc) is 2.58. The van der Waals surface area contributed by atoms with Gasteiger partial charge in [-0.15, -0.1) is 0 Å². The van der Waals surface area contributed by atoms with Crippen LogP contribution in [0.25, 0.3) is 0 Å². The van der Waals surface area contributed by atoms with E-state index in [9.17, 15) is 0 Å². The van der Waals surface area contributed by atoms with Gasteiger partial charge in [-0.05, 0) is 48.9 Å². The van der Waals surface area contributed by atoms with E-state index in [0.717, 1.165) is 6.61 Å². The molecule has 0 fully saturated rings. The normalized spacial score (nSPS) is 13.6. The Hall–Kier alpha value is -1.21. The van der Waals surface area contributed by atoms with Gasteiger partial charge in [0.15, 0.2) is 16.6 Å². The zero-order chi connectivity index (χ0) is 20.3. The molecule has 0 aliphatic rings. The smallest absolute Gasteiger partial charge is 0.195 e. The molecule has 148 valence electrons. The van der Waals surface area contributed by atoms with Crippen molar-refractivity contribution in [2.45, 2.75) is 64.8 Å². The molecule has 2 aromatic rings. The molecule has 1 N–H and O–H groups in total. The summed E-state index contributed by atoms with van der Waals surface area (Å²) in [6, 6.07) is 22.1. The molecular weight excluding hydrogens is 362 g/mol. The highest BCUT2D eigenvalue weighted by Gasteiger charge is 2.50. The maximum absolute atomic E-state index is 6.32. The van der Waals surface area contributed by atoms with Crippen LogP contribution in [0.15, 0.2) is 60.7 Å². The van der Waals surface area contributed by atoms with Crippen LogP contribution in [0.2, 0.25) is 24.7 Å². The fourth-order valence-electron chi connectivity index (χ4n) is 3.68. The Balaban J connectivity index is 2.59. The lowest BCUT2D eigenvalue weighted by Gasteiger charge is -2.49. The van der Waals surface area contributed by atoms with Gasteiger partial charge in [0.1, 0.15) is 0 Å². The van der Waals surface area contributed by atoms with Gasteiger partial charge < -0.3 is 9.41 Å². The maximum atomic E-state index is 6.32. The SMILES string of the molecule is CC(C)(CO[Si](C)(C)C)N[Si](c1ccccc1)(c1ccccc1)C(C)(C)C. The van der Waals surface area contributed by atoms with E-state index in [1.807, 2.05) is 0 Å². The van der Waals surface area contributed by atoms with E-state index in [0.29, 0.717) is 0 Å². The lowest BCUT2D eigenvalue weighted by atomic mass is 10.1. The van der Waals surface area contributed by atoms with Crippen molar-refractivity contribution in [2.24, 2.45) is 0 Å². The third-order valence-corrected chi connectivity index (χ3v) is 11.6. The topological polar surface area (TPSA) is 21.3 Å². The largest absolute Gasteiger partial charge is 0.416 e. The Morgan fingerprint density at radius 3 is 1.48 bits per heavy atom. The Labute approximate surface area is 168 Å². The van der Waals surface area contributed by atoms with Gasteiger partial charge in [0.2, 0.25) is 0 Å². The van der Waals surface area contributed by atoms with E-state index in [4.69, 9.17) is 4.43 Å². The summed E-state index contributed by atoms with van der Waals surface area (Å²) in [5.74, 6) is 0. The second-order valence-electron chi connectivity index (χ2n) is 10.1. The van der Waals surface area contributed by atoms with Crippen molar-refractivity contribution in [2.75, 3.05) is 6.61 Å². The van der Waals surface area contributed by atoms with Crippen molar-refractivity contribution in [3.8, 4) is 0 Å². The van der Waals surface area contributed by atoms with E-state index in [2.05, 4.69) is 120 Å². The summed E-state index contributed by atoms with van der Waals surface area (Å²) in [5.41, 5.74) is -0.120. The highest BCUT2D eigenvalue weighted by Crippen LogP contribution is 2.35. The van der Waals surface area contributed by atoms with Crippen molar-refractivity contribution >= 4 is 26.9 Å². The van der Waals surface area contributed by atoms with Crippen LogP contribution in [0.5, 0.6) is 0 Å². The van der Waals surface area contributed by atoms with Crippen LogP contribution in [0.3, 0.4) is 0 Å². The second-order valence-corrected chi connectivity index (χ2v) is 19.1. The fraction of sp³-hybridized carbons (Fsp3) is 0.478. The molecule has 0 aliphatic heterocycles. The zero-order valence-electron chi connectivity index (χ0n) is 18.4. The Kier molecular flexibility index (Phi) is 6.57. The lowest BCUT2D eigenvalue weighted by Crippen LogP contribution is -2.78. The van der Waals surface area contributed by atoms with Gasteiger partial charge in [-0.1, -0.05) is 81.4 Å². The van der Waals surface area contributed by atoms with Crippen molar-refractivity contribution in [3.05, 3.63) is 60.7 Å².